The second-order valence-corrected chi connectivity index (χ2v) is 7.55. The topological polar surface area (TPSA) is 109 Å². The first-order valence-electron chi connectivity index (χ1n) is 10.3. The SMILES string of the molecule is CCOc1ccc2cc(-c3nn(C4CCCCCC4)c(N)c3C(N)=O)ccc2n1. The number of carbonyl (C=O) groups is 1. The molecule has 1 amide bonds. The number of hydrogen-bond donors (Lipinski definition) is 2. The molecule has 2 heterocycles. The highest BCUT2D eigenvalue weighted by Crippen LogP contribution is 2.35. The fourth-order valence-electron chi connectivity index (χ4n) is 4.16. The molecule has 1 aliphatic carbocycles. The molecule has 0 saturated heterocycles. The zero-order chi connectivity index (χ0) is 20.4. The second-order valence-electron chi connectivity index (χ2n) is 7.55. The predicted molar refractivity (Wildman–Crippen MR) is 114 cm³/mol. The van der Waals surface area contributed by atoms with Crippen LogP contribution in [0.2, 0.25) is 0 Å². The summed E-state index contributed by atoms with van der Waals surface area (Å²) in [5.74, 6) is 0.402. The molecule has 29 heavy (non-hydrogen) atoms. The van der Waals surface area contributed by atoms with Gasteiger partial charge in [0.1, 0.15) is 17.1 Å². The smallest absolute Gasteiger partial charge is 0.254 e. The van der Waals surface area contributed by atoms with Crippen molar-refractivity contribution in [2.75, 3.05) is 12.3 Å². The van der Waals surface area contributed by atoms with Gasteiger partial charge in [-0.05, 0) is 38.0 Å². The van der Waals surface area contributed by atoms with Gasteiger partial charge in [0.2, 0.25) is 5.88 Å². The molecule has 1 saturated carbocycles. The number of rotatable bonds is 5. The number of carbonyl (C=O) groups excluding carboxylic acids is 1. The number of primary amides is 1. The minimum Gasteiger partial charge on any atom is -0.478 e. The van der Waals surface area contributed by atoms with Gasteiger partial charge in [-0.25, -0.2) is 9.67 Å². The Morgan fingerprint density at radius 3 is 2.62 bits per heavy atom. The molecule has 0 unspecified atom stereocenters. The largest absolute Gasteiger partial charge is 0.478 e. The number of hydrogen-bond acceptors (Lipinski definition) is 5. The Kier molecular flexibility index (Phi) is 5.38. The van der Waals surface area contributed by atoms with E-state index in [-0.39, 0.29) is 6.04 Å². The highest BCUT2D eigenvalue weighted by molar-refractivity contribution is 6.04. The van der Waals surface area contributed by atoms with E-state index in [1.165, 1.54) is 12.8 Å². The zero-order valence-electron chi connectivity index (χ0n) is 16.7. The van der Waals surface area contributed by atoms with Gasteiger partial charge in [0.25, 0.3) is 5.91 Å². The standard InChI is InChI=1S/C22H27N5O2/c1-2-29-18-12-10-14-13-15(9-11-17(14)25-18)20-19(22(24)28)21(23)27(26-20)16-7-5-3-4-6-8-16/h9-13,16H,2-8,23H2,1H3,(H2,24,28). The first-order valence-corrected chi connectivity index (χ1v) is 10.3. The molecule has 1 fully saturated rings. The third-order valence-corrected chi connectivity index (χ3v) is 5.59. The quantitative estimate of drug-likeness (QED) is 0.635. The van der Waals surface area contributed by atoms with Crippen LogP contribution in [0.25, 0.3) is 22.2 Å². The third kappa shape index (κ3) is 3.77. The average molecular weight is 393 g/mol. The van der Waals surface area contributed by atoms with E-state index >= 15 is 0 Å². The fraction of sp³-hybridized carbons (Fsp3) is 0.409. The molecular weight excluding hydrogens is 366 g/mol. The van der Waals surface area contributed by atoms with Crippen LogP contribution < -0.4 is 16.2 Å². The fourth-order valence-corrected chi connectivity index (χ4v) is 4.16. The molecule has 3 aromatic rings. The van der Waals surface area contributed by atoms with Crippen LogP contribution in [0.1, 0.15) is 61.8 Å². The van der Waals surface area contributed by atoms with E-state index in [4.69, 9.17) is 21.3 Å². The molecule has 0 atom stereocenters. The van der Waals surface area contributed by atoms with E-state index in [1.54, 1.807) is 0 Å². The van der Waals surface area contributed by atoms with Crippen molar-refractivity contribution in [3.05, 3.63) is 35.9 Å². The van der Waals surface area contributed by atoms with Crippen molar-refractivity contribution in [2.24, 2.45) is 5.73 Å². The molecule has 0 aliphatic heterocycles. The summed E-state index contributed by atoms with van der Waals surface area (Å²) in [7, 11) is 0. The van der Waals surface area contributed by atoms with Gasteiger partial charge in [0, 0.05) is 17.0 Å². The lowest BCUT2D eigenvalue weighted by atomic mass is 10.0. The molecule has 0 spiro atoms. The van der Waals surface area contributed by atoms with Gasteiger partial charge in [-0.15, -0.1) is 0 Å². The van der Waals surface area contributed by atoms with Crippen molar-refractivity contribution >= 4 is 22.6 Å². The molecule has 1 aliphatic rings. The molecule has 1 aromatic carbocycles. The third-order valence-electron chi connectivity index (χ3n) is 5.59. The summed E-state index contributed by atoms with van der Waals surface area (Å²) >= 11 is 0. The summed E-state index contributed by atoms with van der Waals surface area (Å²) in [4.78, 5) is 16.7. The van der Waals surface area contributed by atoms with Crippen LogP contribution in [0.15, 0.2) is 30.3 Å². The predicted octanol–water partition coefficient (Wildman–Crippen LogP) is 4.07. The van der Waals surface area contributed by atoms with E-state index in [0.29, 0.717) is 29.6 Å². The summed E-state index contributed by atoms with van der Waals surface area (Å²) in [6, 6.07) is 9.76. The van der Waals surface area contributed by atoms with Crippen LogP contribution in [0.3, 0.4) is 0 Å². The maximum absolute atomic E-state index is 12.2. The van der Waals surface area contributed by atoms with Crippen LogP contribution in [0.5, 0.6) is 5.88 Å². The number of benzene rings is 1. The molecule has 4 rings (SSSR count). The van der Waals surface area contributed by atoms with E-state index in [2.05, 4.69) is 4.98 Å². The van der Waals surface area contributed by atoms with Gasteiger partial charge in [-0.3, -0.25) is 4.79 Å². The van der Waals surface area contributed by atoms with Gasteiger partial charge < -0.3 is 16.2 Å². The lowest BCUT2D eigenvalue weighted by Crippen LogP contribution is -2.16. The number of aromatic nitrogens is 3. The summed E-state index contributed by atoms with van der Waals surface area (Å²) < 4.78 is 7.29. The zero-order valence-corrected chi connectivity index (χ0v) is 16.7. The van der Waals surface area contributed by atoms with Crippen LogP contribution >= 0.6 is 0 Å². The van der Waals surface area contributed by atoms with Gasteiger partial charge in [0.15, 0.2) is 0 Å². The Morgan fingerprint density at radius 2 is 1.93 bits per heavy atom. The highest BCUT2D eigenvalue weighted by atomic mass is 16.5. The molecule has 4 N–H and O–H groups in total. The van der Waals surface area contributed by atoms with E-state index in [1.807, 2.05) is 41.9 Å². The maximum atomic E-state index is 12.2. The monoisotopic (exact) mass is 393 g/mol. The Balaban J connectivity index is 1.78. The van der Waals surface area contributed by atoms with Gasteiger partial charge in [0.05, 0.1) is 18.2 Å². The first-order chi connectivity index (χ1) is 14.1. The summed E-state index contributed by atoms with van der Waals surface area (Å²) in [6.07, 6.45) is 6.80. The average Bonchev–Trinajstić information content (AvgIpc) is 2.88. The molecule has 0 bridgehead atoms. The van der Waals surface area contributed by atoms with Crippen molar-refractivity contribution in [1.29, 1.82) is 0 Å². The summed E-state index contributed by atoms with van der Waals surface area (Å²) in [6.45, 7) is 2.49. The van der Waals surface area contributed by atoms with Crippen molar-refractivity contribution < 1.29 is 9.53 Å². The van der Waals surface area contributed by atoms with Gasteiger partial charge in [-0.2, -0.15) is 5.10 Å². The number of amides is 1. The van der Waals surface area contributed by atoms with E-state index in [9.17, 15) is 4.79 Å². The first kappa shape index (κ1) is 19.2. The summed E-state index contributed by atoms with van der Waals surface area (Å²) in [5, 5.41) is 5.70. The number of nitrogen functional groups attached to an aromatic ring is 1. The number of nitrogens with two attached hydrogens (primary N) is 2. The lowest BCUT2D eigenvalue weighted by Gasteiger charge is -2.16. The van der Waals surface area contributed by atoms with Crippen LogP contribution in [-0.4, -0.2) is 27.3 Å². The normalized spacial score (nSPS) is 15.3. The van der Waals surface area contributed by atoms with Gasteiger partial charge >= 0.3 is 0 Å². The Labute approximate surface area is 170 Å². The minimum absolute atomic E-state index is 0.209. The maximum Gasteiger partial charge on any atom is 0.254 e. The second kappa shape index (κ2) is 8.11. The minimum atomic E-state index is -0.553. The highest BCUT2D eigenvalue weighted by Gasteiger charge is 2.26. The van der Waals surface area contributed by atoms with Crippen molar-refractivity contribution in [2.45, 2.75) is 51.5 Å². The Hall–Kier alpha value is -3.09. The lowest BCUT2D eigenvalue weighted by molar-refractivity contribution is 0.100. The number of ether oxygens (including phenoxy) is 1. The Bertz CT molecular complexity index is 1040. The number of nitrogens with zero attached hydrogens (tertiary/aromatic N) is 3. The molecule has 7 nitrogen and oxygen atoms in total. The Morgan fingerprint density at radius 1 is 1.17 bits per heavy atom. The van der Waals surface area contributed by atoms with Crippen molar-refractivity contribution in [3.63, 3.8) is 0 Å². The number of pyridine rings is 1. The van der Waals surface area contributed by atoms with Gasteiger partial charge in [-0.1, -0.05) is 31.7 Å². The van der Waals surface area contributed by atoms with Crippen LogP contribution in [-0.2, 0) is 0 Å². The molecule has 152 valence electrons. The molecular formula is C22H27N5O2. The van der Waals surface area contributed by atoms with Crippen molar-refractivity contribution in [3.8, 4) is 17.1 Å². The van der Waals surface area contributed by atoms with Crippen molar-refractivity contribution in [1.82, 2.24) is 14.8 Å². The van der Waals surface area contributed by atoms with E-state index < -0.39 is 5.91 Å². The number of fused-ring (bicyclic) bond motifs is 1. The molecule has 7 heteroatoms. The molecule has 0 radical (unpaired) electrons. The van der Waals surface area contributed by atoms with Crippen LogP contribution in [0, 0.1) is 0 Å². The summed E-state index contributed by atoms with van der Waals surface area (Å²) in [5.41, 5.74) is 14.5. The number of anilines is 1. The van der Waals surface area contributed by atoms with Crippen LogP contribution in [0.4, 0.5) is 5.82 Å². The van der Waals surface area contributed by atoms with E-state index in [0.717, 1.165) is 42.1 Å². The molecule has 2 aromatic heterocycles.